The van der Waals surface area contributed by atoms with Crippen LogP contribution in [0.25, 0.3) is 28.0 Å². The minimum absolute atomic E-state index is 0.00915. The van der Waals surface area contributed by atoms with Gasteiger partial charge in [-0.25, -0.2) is 4.68 Å². The van der Waals surface area contributed by atoms with Crippen molar-refractivity contribution in [3.63, 3.8) is 0 Å². The van der Waals surface area contributed by atoms with Crippen molar-refractivity contribution < 1.29 is 13.2 Å². The van der Waals surface area contributed by atoms with Gasteiger partial charge in [0.25, 0.3) is 0 Å². The highest BCUT2D eigenvalue weighted by atomic mass is 19.4. The Morgan fingerprint density at radius 2 is 1.54 bits per heavy atom. The van der Waals surface area contributed by atoms with E-state index >= 15 is 0 Å². The van der Waals surface area contributed by atoms with Gasteiger partial charge in [-0.1, -0.05) is 48.5 Å². The molecule has 0 atom stereocenters. The molecule has 0 aliphatic rings. The zero-order valence-corrected chi connectivity index (χ0v) is 13.3. The summed E-state index contributed by atoms with van der Waals surface area (Å²) >= 11 is 0. The number of pyridine rings is 1. The number of aromatic amines is 1. The van der Waals surface area contributed by atoms with Gasteiger partial charge < -0.3 is 4.98 Å². The van der Waals surface area contributed by atoms with Gasteiger partial charge in [-0.2, -0.15) is 18.3 Å². The van der Waals surface area contributed by atoms with E-state index in [9.17, 15) is 18.0 Å². The maximum absolute atomic E-state index is 13.6. The lowest BCUT2D eigenvalue weighted by Gasteiger charge is -2.09. The van der Waals surface area contributed by atoms with Gasteiger partial charge >= 0.3 is 6.18 Å². The number of H-pyrrole nitrogens is 1. The molecule has 0 fully saturated rings. The van der Waals surface area contributed by atoms with Gasteiger partial charge in [-0.05, 0) is 12.1 Å². The summed E-state index contributed by atoms with van der Waals surface area (Å²) in [4.78, 5) is 14.4. The number of benzene rings is 2. The molecule has 4 rings (SSSR count). The standard InChI is InChI=1S/C19H12F3N3O/c20-19(21,22)14-11-15(26)23-18-16(14)17(12-7-3-1-4-8-12)24-25(18)13-9-5-2-6-10-13/h1-11H,(H,23,26). The van der Waals surface area contributed by atoms with Gasteiger partial charge in [0.2, 0.25) is 5.56 Å². The summed E-state index contributed by atoms with van der Waals surface area (Å²) in [5.74, 6) is 0. The van der Waals surface area contributed by atoms with Gasteiger partial charge in [-0.3, -0.25) is 4.79 Å². The molecule has 4 nitrogen and oxygen atoms in total. The van der Waals surface area contributed by atoms with Crippen molar-refractivity contribution in [2.75, 3.05) is 0 Å². The Labute approximate surface area is 145 Å². The lowest BCUT2D eigenvalue weighted by molar-refractivity contribution is -0.136. The third kappa shape index (κ3) is 2.67. The molecule has 0 spiro atoms. The lowest BCUT2D eigenvalue weighted by atomic mass is 10.1. The van der Waals surface area contributed by atoms with Gasteiger partial charge in [0.15, 0.2) is 0 Å². The third-order valence-electron chi connectivity index (χ3n) is 4.03. The van der Waals surface area contributed by atoms with Crippen molar-refractivity contribution in [3.05, 3.63) is 82.6 Å². The Bertz CT molecular complexity index is 1130. The lowest BCUT2D eigenvalue weighted by Crippen LogP contribution is -2.14. The summed E-state index contributed by atoms with van der Waals surface area (Å²) in [5.41, 5.74) is -0.582. The monoisotopic (exact) mass is 355 g/mol. The van der Waals surface area contributed by atoms with Crippen molar-refractivity contribution >= 4 is 11.0 Å². The van der Waals surface area contributed by atoms with E-state index in [4.69, 9.17) is 0 Å². The molecule has 0 amide bonds. The molecule has 130 valence electrons. The molecule has 2 aromatic heterocycles. The number of fused-ring (bicyclic) bond motifs is 1. The minimum atomic E-state index is -4.68. The van der Waals surface area contributed by atoms with Crippen LogP contribution in [0.5, 0.6) is 0 Å². The first kappa shape index (κ1) is 16.1. The first-order valence-corrected chi connectivity index (χ1v) is 7.79. The number of nitrogens with one attached hydrogen (secondary N) is 1. The highest BCUT2D eigenvalue weighted by molar-refractivity contribution is 5.95. The predicted octanol–water partition coefficient (Wildman–Crippen LogP) is 4.40. The molecule has 0 saturated heterocycles. The minimum Gasteiger partial charge on any atom is -0.306 e. The van der Waals surface area contributed by atoms with Gasteiger partial charge in [0.1, 0.15) is 11.3 Å². The normalized spacial score (nSPS) is 11.8. The second-order valence-corrected chi connectivity index (χ2v) is 5.73. The molecule has 26 heavy (non-hydrogen) atoms. The van der Waals surface area contributed by atoms with Crippen LogP contribution in [0.1, 0.15) is 5.56 Å². The molecule has 0 aliphatic carbocycles. The van der Waals surface area contributed by atoms with Gasteiger partial charge in [-0.15, -0.1) is 0 Å². The number of para-hydroxylation sites is 1. The van der Waals surface area contributed by atoms with E-state index in [2.05, 4.69) is 10.1 Å². The average Bonchev–Trinajstić information content (AvgIpc) is 3.01. The highest BCUT2D eigenvalue weighted by Gasteiger charge is 2.36. The smallest absolute Gasteiger partial charge is 0.306 e. The van der Waals surface area contributed by atoms with Gasteiger partial charge in [0.05, 0.1) is 16.6 Å². The topological polar surface area (TPSA) is 50.7 Å². The fourth-order valence-corrected chi connectivity index (χ4v) is 2.92. The van der Waals surface area contributed by atoms with Crippen LogP contribution in [0, 0.1) is 0 Å². The first-order chi connectivity index (χ1) is 12.4. The number of hydrogen-bond acceptors (Lipinski definition) is 2. The van der Waals surface area contributed by atoms with Crippen LogP contribution in [0.2, 0.25) is 0 Å². The average molecular weight is 355 g/mol. The number of halogens is 3. The fourth-order valence-electron chi connectivity index (χ4n) is 2.92. The van der Waals surface area contributed by atoms with E-state index in [-0.39, 0.29) is 16.7 Å². The summed E-state index contributed by atoms with van der Waals surface area (Å²) in [7, 11) is 0. The number of hydrogen-bond donors (Lipinski definition) is 1. The Kier molecular flexibility index (Phi) is 3.64. The van der Waals surface area contributed by atoms with Crippen molar-refractivity contribution in [3.8, 4) is 16.9 Å². The maximum Gasteiger partial charge on any atom is 0.417 e. The zero-order chi connectivity index (χ0) is 18.3. The summed E-state index contributed by atoms with van der Waals surface area (Å²) < 4.78 is 42.2. The van der Waals surface area contributed by atoms with Crippen molar-refractivity contribution in [1.82, 2.24) is 14.8 Å². The molecule has 0 unspecified atom stereocenters. The molecule has 2 aromatic carbocycles. The van der Waals surface area contributed by atoms with Crippen molar-refractivity contribution in [1.29, 1.82) is 0 Å². The molecule has 4 aromatic rings. The van der Waals surface area contributed by atoms with Crippen molar-refractivity contribution in [2.45, 2.75) is 6.18 Å². The SMILES string of the molecule is O=c1cc(C(F)(F)F)c2c(-c3ccccc3)nn(-c3ccccc3)c2[nH]1. The third-order valence-corrected chi connectivity index (χ3v) is 4.03. The van der Waals surface area contributed by atoms with Crippen LogP contribution in [0.15, 0.2) is 71.5 Å². The zero-order valence-electron chi connectivity index (χ0n) is 13.3. The van der Waals surface area contributed by atoms with E-state index in [1.54, 1.807) is 60.7 Å². The molecular formula is C19H12F3N3O. The molecular weight excluding hydrogens is 343 g/mol. The highest BCUT2D eigenvalue weighted by Crippen LogP contribution is 2.38. The first-order valence-electron chi connectivity index (χ1n) is 7.79. The maximum atomic E-state index is 13.6. The van der Waals surface area contributed by atoms with Crippen LogP contribution in [0.3, 0.4) is 0 Å². The Morgan fingerprint density at radius 3 is 2.15 bits per heavy atom. The van der Waals surface area contributed by atoms with E-state index in [0.717, 1.165) is 0 Å². The second kappa shape index (κ2) is 5.87. The molecule has 0 saturated carbocycles. The number of rotatable bonds is 2. The fraction of sp³-hybridized carbons (Fsp3) is 0.0526. The van der Waals surface area contributed by atoms with Gasteiger partial charge in [0, 0.05) is 11.6 Å². The van der Waals surface area contributed by atoms with E-state index < -0.39 is 17.3 Å². The van der Waals surface area contributed by atoms with Crippen LogP contribution in [-0.2, 0) is 6.18 Å². The van der Waals surface area contributed by atoms with Crippen LogP contribution >= 0.6 is 0 Å². The van der Waals surface area contributed by atoms with Crippen molar-refractivity contribution in [2.24, 2.45) is 0 Å². The van der Waals surface area contributed by atoms with Crippen LogP contribution in [0.4, 0.5) is 13.2 Å². The Hall–Kier alpha value is -3.35. The molecule has 2 heterocycles. The predicted molar refractivity (Wildman–Crippen MR) is 92.1 cm³/mol. The summed E-state index contributed by atoms with van der Waals surface area (Å²) in [5, 5.41) is 4.26. The van der Waals surface area contributed by atoms with Crippen LogP contribution < -0.4 is 5.56 Å². The molecule has 7 heteroatoms. The Morgan fingerprint density at radius 1 is 0.923 bits per heavy atom. The molecule has 0 bridgehead atoms. The molecule has 0 aliphatic heterocycles. The summed E-state index contributed by atoms with van der Waals surface area (Å²) in [6.45, 7) is 0. The van der Waals surface area contributed by atoms with E-state index in [0.29, 0.717) is 17.3 Å². The largest absolute Gasteiger partial charge is 0.417 e. The molecule has 1 N–H and O–H groups in total. The quantitative estimate of drug-likeness (QED) is 0.579. The summed E-state index contributed by atoms with van der Waals surface area (Å²) in [6.07, 6.45) is -4.68. The van der Waals surface area contributed by atoms with Crippen LogP contribution in [-0.4, -0.2) is 14.8 Å². The second-order valence-electron chi connectivity index (χ2n) is 5.73. The molecule has 0 radical (unpaired) electrons. The van der Waals surface area contributed by atoms with E-state index in [1.165, 1.54) is 4.68 Å². The number of nitrogens with zero attached hydrogens (tertiary/aromatic N) is 2. The Balaban J connectivity index is 2.16. The number of alkyl halides is 3. The number of aromatic nitrogens is 3. The summed E-state index contributed by atoms with van der Waals surface area (Å²) in [6, 6.07) is 17.9. The van der Waals surface area contributed by atoms with E-state index in [1.807, 2.05) is 0 Å².